The summed E-state index contributed by atoms with van der Waals surface area (Å²) in [6.07, 6.45) is 1.72. The van der Waals surface area contributed by atoms with Gasteiger partial charge in [0.25, 0.3) is 0 Å². The van der Waals surface area contributed by atoms with Crippen LogP contribution in [0.1, 0.15) is 17.0 Å². The zero-order valence-corrected chi connectivity index (χ0v) is 11.1. The number of carbonyl (C=O) groups is 1. The number of nitrogens with zero attached hydrogens (tertiary/aromatic N) is 3. The zero-order chi connectivity index (χ0) is 14.0. The van der Waals surface area contributed by atoms with Gasteiger partial charge in [0.1, 0.15) is 0 Å². The Morgan fingerprint density at radius 2 is 2.21 bits per heavy atom. The summed E-state index contributed by atoms with van der Waals surface area (Å²) in [5.41, 5.74) is 2.69. The number of nitrogens with one attached hydrogen (secondary N) is 1. The van der Waals surface area contributed by atoms with Crippen LogP contribution in [0.25, 0.3) is 0 Å². The molecule has 2 N–H and O–H groups in total. The van der Waals surface area contributed by atoms with Crippen LogP contribution in [0.3, 0.4) is 0 Å². The highest BCUT2D eigenvalue weighted by Gasteiger charge is 2.14. The van der Waals surface area contributed by atoms with Gasteiger partial charge in [-0.1, -0.05) is 0 Å². The second-order valence-electron chi connectivity index (χ2n) is 4.37. The number of pyridine rings is 1. The van der Waals surface area contributed by atoms with Crippen LogP contribution in [-0.2, 0) is 18.3 Å². The zero-order valence-electron chi connectivity index (χ0n) is 11.1. The van der Waals surface area contributed by atoms with Crippen molar-refractivity contribution in [2.45, 2.75) is 20.3 Å². The molecule has 0 radical (unpaired) electrons. The minimum absolute atomic E-state index is 0.0459. The van der Waals surface area contributed by atoms with E-state index in [1.165, 1.54) is 12.3 Å². The molecule has 2 rings (SSSR count). The van der Waals surface area contributed by atoms with E-state index in [0.29, 0.717) is 0 Å². The molecule has 0 atom stereocenters. The van der Waals surface area contributed by atoms with Crippen molar-refractivity contribution in [3.63, 3.8) is 0 Å². The molecule has 19 heavy (non-hydrogen) atoms. The highest BCUT2D eigenvalue weighted by Crippen LogP contribution is 2.19. The fourth-order valence-corrected chi connectivity index (χ4v) is 1.90. The minimum Gasteiger partial charge on any atom is -0.504 e. The van der Waals surface area contributed by atoms with Gasteiger partial charge in [-0.25, -0.2) is 4.98 Å². The summed E-state index contributed by atoms with van der Waals surface area (Å²) in [5, 5.41) is 16.4. The molecule has 0 aliphatic carbocycles. The molecule has 0 saturated carbocycles. The predicted octanol–water partition coefficient (Wildman–Crippen LogP) is 1.32. The SMILES string of the molecule is Cc1nn(C)c(C)c1CC(=O)Nc1ncccc1O. The maximum Gasteiger partial charge on any atom is 0.230 e. The first-order chi connectivity index (χ1) is 8.99. The molecular formula is C13H16N4O2. The third-order valence-corrected chi connectivity index (χ3v) is 3.04. The first kappa shape index (κ1) is 13.1. The van der Waals surface area contributed by atoms with E-state index in [2.05, 4.69) is 15.4 Å². The number of aromatic nitrogens is 3. The predicted molar refractivity (Wildman–Crippen MR) is 70.9 cm³/mol. The average Bonchev–Trinajstić information content (AvgIpc) is 2.59. The van der Waals surface area contributed by atoms with Crippen LogP contribution in [0.15, 0.2) is 18.3 Å². The number of carbonyl (C=O) groups excluding carboxylic acids is 1. The van der Waals surface area contributed by atoms with Crippen molar-refractivity contribution in [2.75, 3.05) is 5.32 Å². The molecule has 0 aliphatic heterocycles. The van der Waals surface area contributed by atoms with Gasteiger partial charge in [0.05, 0.1) is 12.1 Å². The number of hydrogen-bond donors (Lipinski definition) is 2. The Bertz CT molecular complexity index is 619. The Hall–Kier alpha value is -2.37. The van der Waals surface area contributed by atoms with E-state index in [0.717, 1.165) is 17.0 Å². The monoisotopic (exact) mass is 260 g/mol. The van der Waals surface area contributed by atoms with Gasteiger partial charge in [0.2, 0.25) is 5.91 Å². The van der Waals surface area contributed by atoms with Crippen molar-refractivity contribution in [2.24, 2.45) is 7.05 Å². The molecule has 2 aromatic heterocycles. The van der Waals surface area contributed by atoms with Gasteiger partial charge in [-0.2, -0.15) is 5.10 Å². The second kappa shape index (κ2) is 5.09. The number of rotatable bonds is 3. The van der Waals surface area contributed by atoms with Crippen molar-refractivity contribution in [3.8, 4) is 5.75 Å². The molecule has 0 aliphatic rings. The summed E-state index contributed by atoms with van der Waals surface area (Å²) in [7, 11) is 1.84. The minimum atomic E-state index is -0.229. The molecule has 0 unspecified atom stereocenters. The third-order valence-electron chi connectivity index (χ3n) is 3.04. The van der Waals surface area contributed by atoms with Crippen molar-refractivity contribution in [1.82, 2.24) is 14.8 Å². The first-order valence-electron chi connectivity index (χ1n) is 5.92. The molecule has 0 spiro atoms. The van der Waals surface area contributed by atoms with Crippen LogP contribution in [0.2, 0.25) is 0 Å². The Kier molecular flexibility index (Phi) is 3.50. The Balaban J connectivity index is 2.12. The lowest BCUT2D eigenvalue weighted by molar-refractivity contribution is -0.115. The molecule has 100 valence electrons. The number of anilines is 1. The number of aromatic hydroxyl groups is 1. The Labute approximate surface area is 111 Å². The lowest BCUT2D eigenvalue weighted by Gasteiger charge is -2.06. The van der Waals surface area contributed by atoms with E-state index in [4.69, 9.17) is 0 Å². The molecule has 0 saturated heterocycles. The summed E-state index contributed by atoms with van der Waals surface area (Å²) in [4.78, 5) is 15.9. The maximum atomic E-state index is 11.9. The van der Waals surface area contributed by atoms with E-state index in [1.807, 2.05) is 20.9 Å². The smallest absolute Gasteiger partial charge is 0.230 e. The molecule has 6 heteroatoms. The van der Waals surface area contributed by atoms with Crippen LogP contribution < -0.4 is 5.32 Å². The van der Waals surface area contributed by atoms with E-state index < -0.39 is 0 Å². The van der Waals surface area contributed by atoms with Gasteiger partial charge in [0, 0.05) is 24.5 Å². The standard InChI is InChI=1S/C13H16N4O2/c1-8-10(9(2)17(3)16-8)7-12(19)15-13-11(18)5-4-6-14-13/h4-6,18H,7H2,1-3H3,(H,14,15,19). The fourth-order valence-electron chi connectivity index (χ4n) is 1.90. The molecule has 2 aromatic rings. The Morgan fingerprint density at radius 1 is 1.47 bits per heavy atom. The lowest BCUT2D eigenvalue weighted by Crippen LogP contribution is -2.16. The molecule has 0 aromatic carbocycles. The van der Waals surface area contributed by atoms with Crippen molar-refractivity contribution in [3.05, 3.63) is 35.3 Å². The van der Waals surface area contributed by atoms with Crippen LogP contribution in [0.5, 0.6) is 5.75 Å². The van der Waals surface area contributed by atoms with E-state index >= 15 is 0 Å². The molecule has 1 amide bonds. The van der Waals surface area contributed by atoms with Gasteiger partial charge in [0.15, 0.2) is 11.6 Å². The molecule has 0 fully saturated rings. The normalized spacial score (nSPS) is 10.5. The van der Waals surface area contributed by atoms with Crippen molar-refractivity contribution < 1.29 is 9.90 Å². The second-order valence-corrected chi connectivity index (χ2v) is 4.37. The molecule has 0 bridgehead atoms. The third kappa shape index (κ3) is 2.73. The van der Waals surface area contributed by atoms with Gasteiger partial charge in [-0.05, 0) is 26.0 Å². The average molecular weight is 260 g/mol. The molecule has 2 heterocycles. The number of hydrogen-bond acceptors (Lipinski definition) is 4. The van der Waals surface area contributed by atoms with Crippen molar-refractivity contribution >= 4 is 11.7 Å². The van der Waals surface area contributed by atoms with E-state index in [-0.39, 0.29) is 23.9 Å². The summed E-state index contributed by atoms with van der Waals surface area (Å²) in [6, 6.07) is 3.07. The van der Waals surface area contributed by atoms with Gasteiger partial charge in [-0.15, -0.1) is 0 Å². The van der Waals surface area contributed by atoms with Crippen LogP contribution in [-0.4, -0.2) is 25.8 Å². The van der Waals surface area contributed by atoms with E-state index in [9.17, 15) is 9.90 Å². The molecule has 6 nitrogen and oxygen atoms in total. The van der Waals surface area contributed by atoms with Gasteiger partial charge >= 0.3 is 0 Å². The highest BCUT2D eigenvalue weighted by molar-refractivity contribution is 5.92. The summed E-state index contributed by atoms with van der Waals surface area (Å²) in [6.45, 7) is 3.79. The number of aryl methyl sites for hydroxylation is 2. The number of amides is 1. The maximum absolute atomic E-state index is 11.9. The van der Waals surface area contributed by atoms with Gasteiger partial charge < -0.3 is 10.4 Å². The topological polar surface area (TPSA) is 80.0 Å². The highest BCUT2D eigenvalue weighted by atomic mass is 16.3. The summed E-state index contributed by atoms with van der Waals surface area (Å²) in [5.74, 6) is -0.102. The largest absolute Gasteiger partial charge is 0.504 e. The molecular weight excluding hydrogens is 244 g/mol. The van der Waals surface area contributed by atoms with Crippen LogP contribution in [0.4, 0.5) is 5.82 Å². The summed E-state index contributed by atoms with van der Waals surface area (Å²) < 4.78 is 1.75. The summed E-state index contributed by atoms with van der Waals surface area (Å²) >= 11 is 0. The lowest BCUT2D eigenvalue weighted by atomic mass is 10.1. The van der Waals surface area contributed by atoms with E-state index in [1.54, 1.807) is 10.7 Å². The first-order valence-corrected chi connectivity index (χ1v) is 5.92. The fraction of sp³-hybridized carbons (Fsp3) is 0.308. The quantitative estimate of drug-likeness (QED) is 0.872. The van der Waals surface area contributed by atoms with Crippen LogP contribution >= 0.6 is 0 Å². The Morgan fingerprint density at radius 3 is 2.79 bits per heavy atom. The van der Waals surface area contributed by atoms with Crippen molar-refractivity contribution in [1.29, 1.82) is 0 Å². The van der Waals surface area contributed by atoms with Crippen LogP contribution in [0, 0.1) is 13.8 Å². The van der Waals surface area contributed by atoms with Gasteiger partial charge in [-0.3, -0.25) is 9.48 Å².